The minimum absolute atomic E-state index is 0.149. The van der Waals surface area contributed by atoms with Gasteiger partial charge in [0.05, 0.1) is 5.41 Å². The Morgan fingerprint density at radius 3 is 2.07 bits per heavy atom. The highest BCUT2D eigenvalue weighted by atomic mass is 16.7. The maximum atomic E-state index is 12.1. The summed E-state index contributed by atoms with van der Waals surface area (Å²) in [6.45, 7) is 10.6. The molecule has 0 saturated carbocycles. The van der Waals surface area contributed by atoms with Gasteiger partial charge >= 0.3 is 5.97 Å². The van der Waals surface area contributed by atoms with E-state index in [-0.39, 0.29) is 26.2 Å². The number of esters is 1. The molecule has 3 aromatic rings. The largest absolute Gasteiger partial charge is 0.491 e. The maximum Gasteiger partial charge on any atom is 0.314 e. The average Bonchev–Trinajstić information content (AvgIpc) is 3.52. The first kappa shape index (κ1) is 32.4. The van der Waals surface area contributed by atoms with Crippen LogP contribution in [0.15, 0.2) is 66.7 Å². The van der Waals surface area contributed by atoms with Crippen LogP contribution in [0.3, 0.4) is 0 Å². The van der Waals surface area contributed by atoms with Gasteiger partial charge in [0, 0.05) is 6.54 Å². The van der Waals surface area contributed by atoms with Crippen LogP contribution < -0.4 is 18.9 Å². The Balaban J connectivity index is 1.36. The van der Waals surface area contributed by atoms with E-state index in [1.807, 2.05) is 69.3 Å². The molecule has 45 heavy (non-hydrogen) atoms. The van der Waals surface area contributed by atoms with Crippen LogP contribution in [0.5, 0.6) is 23.0 Å². The molecule has 5 rings (SSSR count). The summed E-state index contributed by atoms with van der Waals surface area (Å²) in [5.41, 5.74) is 4.71. The zero-order valence-electron chi connectivity index (χ0n) is 26.8. The maximum absolute atomic E-state index is 12.1. The zero-order valence-corrected chi connectivity index (χ0v) is 26.8. The zero-order chi connectivity index (χ0) is 31.8. The highest BCUT2D eigenvalue weighted by Crippen LogP contribution is 2.40. The Morgan fingerprint density at radius 1 is 0.844 bits per heavy atom. The number of allylic oxidation sites excluding steroid dienone is 1. The Labute approximate surface area is 266 Å². The van der Waals surface area contributed by atoms with E-state index in [2.05, 4.69) is 30.0 Å². The monoisotopic (exact) mass is 615 g/mol. The molecule has 2 heterocycles. The van der Waals surface area contributed by atoms with Gasteiger partial charge in [-0.2, -0.15) is 0 Å². The van der Waals surface area contributed by atoms with E-state index < -0.39 is 11.5 Å². The summed E-state index contributed by atoms with van der Waals surface area (Å²) in [7, 11) is 0. The van der Waals surface area contributed by atoms with E-state index in [0.29, 0.717) is 18.0 Å². The summed E-state index contributed by atoms with van der Waals surface area (Å²) in [5.74, 6) is 2.48. The number of benzene rings is 3. The van der Waals surface area contributed by atoms with Crippen molar-refractivity contribution in [2.75, 3.05) is 39.8 Å². The van der Waals surface area contributed by atoms with Crippen LogP contribution in [0.1, 0.15) is 70.1 Å². The van der Waals surface area contributed by atoms with Gasteiger partial charge in [0.15, 0.2) is 11.5 Å². The first-order valence-corrected chi connectivity index (χ1v) is 15.9. The van der Waals surface area contributed by atoms with Gasteiger partial charge in [-0.05, 0) is 117 Å². The van der Waals surface area contributed by atoms with Crippen molar-refractivity contribution in [3.05, 3.63) is 83.4 Å². The quantitative estimate of drug-likeness (QED) is 0.133. The van der Waals surface area contributed by atoms with E-state index in [4.69, 9.17) is 23.7 Å². The van der Waals surface area contributed by atoms with Crippen molar-refractivity contribution in [3.63, 3.8) is 0 Å². The molecule has 1 unspecified atom stereocenters. The van der Waals surface area contributed by atoms with E-state index >= 15 is 0 Å². The molecule has 1 N–H and O–H groups in total. The van der Waals surface area contributed by atoms with Crippen LogP contribution in [-0.4, -0.2) is 61.9 Å². The topological polar surface area (TPSA) is 86.7 Å². The fourth-order valence-electron chi connectivity index (χ4n) is 5.61. The molecule has 0 bridgehead atoms. The fourth-order valence-corrected chi connectivity index (χ4v) is 5.61. The summed E-state index contributed by atoms with van der Waals surface area (Å²) >= 11 is 0. The number of hydrogen-bond acceptors (Lipinski definition) is 8. The van der Waals surface area contributed by atoms with Crippen LogP contribution in [0.25, 0.3) is 11.1 Å². The predicted octanol–water partition coefficient (Wildman–Crippen LogP) is 6.94. The second-order valence-corrected chi connectivity index (χ2v) is 12.6. The number of likely N-dealkylation sites (tertiary alicyclic amines) is 1. The highest BCUT2D eigenvalue weighted by molar-refractivity contribution is 5.99. The molecule has 0 amide bonds. The van der Waals surface area contributed by atoms with Crippen molar-refractivity contribution >= 4 is 17.1 Å². The third-order valence-electron chi connectivity index (χ3n) is 8.05. The summed E-state index contributed by atoms with van der Waals surface area (Å²) in [4.78, 5) is 14.4. The summed E-state index contributed by atoms with van der Waals surface area (Å²) in [6, 6.07) is 21.9. The van der Waals surface area contributed by atoms with Crippen molar-refractivity contribution in [2.24, 2.45) is 5.41 Å². The molecule has 0 spiro atoms. The number of ether oxygens (including phenoxy) is 5. The molecule has 8 heteroatoms. The van der Waals surface area contributed by atoms with E-state index in [9.17, 15) is 9.90 Å². The Kier molecular flexibility index (Phi) is 10.7. The molecule has 1 saturated heterocycles. The number of β-amino-alcohol motifs (C(OH)–C–C–N with tert-alkyl or cyclic N) is 1. The minimum atomic E-state index is -0.592. The number of carbonyl (C=O) groups excluding carboxylic acids is 1. The van der Waals surface area contributed by atoms with Gasteiger partial charge in [-0.15, -0.1) is 0 Å². The van der Waals surface area contributed by atoms with Gasteiger partial charge in [0.1, 0.15) is 24.2 Å². The van der Waals surface area contributed by atoms with E-state index in [0.717, 1.165) is 58.8 Å². The third kappa shape index (κ3) is 8.59. The first-order chi connectivity index (χ1) is 21.7. The van der Waals surface area contributed by atoms with Crippen molar-refractivity contribution in [2.45, 2.75) is 59.5 Å². The molecule has 2 aliphatic rings. The number of aliphatic hydroxyl groups is 1. The molecule has 240 valence electrons. The van der Waals surface area contributed by atoms with Crippen molar-refractivity contribution < 1.29 is 33.6 Å². The molecule has 0 aliphatic carbocycles. The summed E-state index contributed by atoms with van der Waals surface area (Å²) < 4.78 is 28.2. The smallest absolute Gasteiger partial charge is 0.314 e. The lowest BCUT2D eigenvalue weighted by molar-refractivity contribution is -0.159. The normalized spacial score (nSPS) is 16.1. The van der Waals surface area contributed by atoms with Gasteiger partial charge in [-0.25, -0.2) is 0 Å². The molecule has 0 aromatic heterocycles. The van der Waals surface area contributed by atoms with Crippen LogP contribution >= 0.6 is 0 Å². The number of aliphatic hydroxyl groups excluding tert-OH is 1. The van der Waals surface area contributed by atoms with Crippen LogP contribution in [0.2, 0.25) is 0 Å². The molecular weight excluding hydrogens is 570 g/mol. The second kappa shape index (κ2) is 14.8. The summed E-state index contributed by atoms with van der Waals surface area (Å²) in [5, 5.41) is 10.6. The summed E-state index contributed by atoms with van der Waals surface area (Å²) in [6.07, 6.45) is 3.90. The Morgan fingerprint density at radius 2 is 1.44 bits per heavy atom. The van der Waals surface area contributed by atoms with Gasteiger partial charge in [-0.3, -0.25) is 4.79 Å². The number of fused-ring (bicyclic) bond motifs is 1. The number of carbonyl (C=O) groups is 1. The van der Waals surface area contributed by atoms with Crippen LogP contribution in [0, 0.1) is 5.41 Å². The van der Waals surface area contributed by atoms with Gasteiger partial charge in [0.25, 0.3) is 0 Å². The van der Waals surface area contributed by atoms with Crippen molar-refractivity contribution in [1.29, 1.82) is 0 Å². The average molecular weight is 616 g/mol. The van der Waals surface area contributed by atoms with Gasteiger partial charge in [0.2, 0.25) is 13.6 Å². The predicted molar refractivity (Wildman–Crippen MR) is 174 cm³/mol. The Bertz CT molecular complexity index is 1450. The second-order valence-electron chi connectivity index (χ2n) is 12.6. The number of hydrogen-bond donors (Lipinski definition) is 1. The molecule has 8 nitrogen and oxygen atoms in total. The molecule has 0 radical (unpaired) electrons. The number of rotatable bonds is 12. The van der Waals surface area contributed by atoms with E-state index in [1.165, 1.54) is 19.3 Å². The minimum Gasteiger partial charge on any atom is -0.491 e. The van der Waals surface area contributed by atoms with E-state index in [1.54, 1.807) is 0 Å². The molecule has 3 aromatic carbocycles. The number of nitrogens with zero attached hydrogens (tertiary/aromatic N) is 1. The van der Waals surface area contributed by atoms with Crippen molar-refractivity contribution in [3.8, 4) is 23.0 Å². The lowest BCUT2D eigenvalue weighted by Crippen LogP contribution is -2.38. The molecule has 1 fully saturated rings. The molecule has 1 atom stereocenters. The third-order valence-corrected chi connectivity index (χ3v) is 8.05. The Hall–Kier alpha value is -4.01. The highest BCUT2D eigenvalue weighted by Gasteiger charge is 2.23. The standard InChI is InChI=1S/C37H45NO7/c1-5-32(28-13-18-33-34(21-28)44-25-43-33)35(27-11-16-31(17-12-27)42-24-45-36(40)37(2,3)4)26-9-14-30(15-10-26)41-23-29(39)22-38-19-7-6-8-20-38/h9-18,21,29,39H,5-8,19-20,22-25H2,1-4H3. The number of piperidine rings is 1. The molecule has 2 aliphatic heterocycles. The van der Waals surface area contributed by atoms with Gasteiger partial charge < -0.3 is 33.7 Å². The lowest BCUT2D eigenvalue weighted by Gasteiger charge is -2.28. The molecular formula is C37H45NO7. The SMILES string of the molecule is CCC(=C(c1ccc(OCOC(=O)C(C)(C)C)cc1)c1ccc(OCC(O)CN2CCCCC2)cc1)c1ccc2c(c1)OCO2. The first-order valence-electron chi connectivity index (χ1n) is 15.9. The van der Waals surface area contributed by atoms with Gasteiger partial charge in [-0.1, -0.05) is 43.7 Å². The van der Waals surface area contributed by atoms with Crippen LogP contribution in [0.4, 0.5) is 0 Å². The van der Waals surface area contributed by atoms with Crippen LogP contribution in [-0.2, 0) is 9.53 Å². The lowest BCUT2D eigenvalue weighted by atomic mass is 9.88. The fraction of sp³-hybridized carbons (Fsp3) is 0.432. The van der Waals surface area contributed by atoms with Crippen molar-refractivity contribution in [1.82, 2.24) is 4.90 Å².